The van der Waals surface area contributed by atoms with Gasteiger partial charge in [-0.05, 0) is 236 Å². The Morgan fingerprint density at radius 3 is 1.03 bits per heavy atom. The van der Waals surface area contributed by atoms with Gasteiger partial charge in [0.2, 0.25) is 0 Å². The summed E-state index contributed by atoms with van der Waals surface area (Å²) >= 11 is 0. The highest BCUT2D eigenvalue weighted by Crippen LogP contribution is 2.58. The SMILES string of the molecule is [2H]c1c([2H])c(-c2ccc(C(C)(C)C)cc2C(C)(C)C)c(N2c3cc(-c4cc(C(C)(C)C)cc(C(C)(C)C)c4)ccc3B3c4ccc(-n5c6c([2H])c([2H])c([2H])c([2H])c6c6c([2H])c([2H])c([2H])c([2H])c65)cc4N(c4c(-c5c([2H])c([2H])c(C(C)(C)C)c([2H])c5[2H])c([2H])c(C(C)(C)C)c([2H])c4-c4c([2H])c(C(C)(C)C)c([2H])c(C(C)(C)C)c4[2H])c4cc(-c5cc(C(C)(C)C)cc(C(C)(C)C)c5)cc2c43)c(-c2c([2H])c([2H])c(C(C)(C)C)c([2H])c2[2H])c1[2H]. The minimum atomic E-state index is -1.33. The van der Waals surface area contributed by atoms with Gasteiger partial charge in [0.25, 0.3) is 6.71 Å². The lowest BCUT2D eigenvalue weighted by atomic mass is 9.33. The molecule has 126 heavy (non-hydrogen) atoms. The molecule has 1 aromatic heterocycles. The van der Waals surface area contributed by atoms with Crippen molar-refractivity contribution in [2.75, 3.05) is 9.80 Å². The summed E-state index contributed by atoms with van der Waals surface area (Å²) < 4.78 is 255. The van der Waals surface area contributed by atoms with Crippen LogP contribution in [0.1, 0.15) is 323 Å². The first-order valence-corrected chi connectivity index (χ1v) is 44.7. The highest BCUT2D eigenvalue weighted by molar-refractivity contribution is 7.00. The summed E-state index contributed by atoms with van der Waals surface area (Å²) in [4.78, 5) is 3.73. The van der Waals surface area contributed by atoms with Crippen LogP contribution < -0.4 is 26.2 Å². The lowest BCUT2D eigenvalue weighted by Gasteiger charge is -2.46. The van der Waals surface area contributed by atoms with Gasteiger partial charge in [-0.25, -0.2) is 0 Å². The lowest BCUT2D eigenvalue weighted by molar-refractivity contribution is 0.568. The molecule has 0 spiro atoms. The fraction of sp³-hybridized carbons (Fsp3) is 0.361. The van der Waals surface area contributed by atoms with Crippen molar-refractivity contribution >= 4 is 79.0 Å². The van der Waals surface area contributed by atoms with Crippen LogP contribution in [-0.2, 0) is 59.6 Å². The first-order valence-electron chi connectivity index (χ1n) is 56.7. The molecule has 0 atom stereocenters. The summed E-state index contributed by atoms with van der Waals surface area (Å²) in [6, 6.07) is 21.4. The van der Waals surface area contributed by atoms with E-state index >= 15 is 0 Å². The topological polar surface area (TPSA) is 11.4 Å². The third kappa shape index (κ3) is 16.5. The maximum atomic E-state index is 11.9. The molecular formula is C122H140BN3. The molecular weight excluding hydrogens is 1520 g/mol. The Labute approximate surface area is 792 Å². The van der Waals surface area contributed by atoms with Crippen molar-refractivity contribution in [2.45, 2.75) is 288 Å². The smallest absolute Gasteiger partial charge is 0.252 e. The Kier molecular flexibility index (Phi) is 15.3. The molecule has 4 heteroatoms. The quantitative estimate of drug-likeness (QED) is 0.133. The molecule has 0 N–H and O–H groups in total. The Hall–Kier alpha value is -10.7. The molecule has 3 heterocycles. The third-order valence-electron chi connectivity index (χ3n) is 25.1. The zero-order valence-corrected chi connectivity index (χ0v) is 80.7. The van der Waals surface area contributed by atoms with Crippen molar-refractivity contribution in [3.8, 4) is 72.4 Å². The first kappa shape index (κ1) is 63.3. The van der Waals surface area contributed by atoms with Crippen LogP contribution in [-0.4, -0.2) is 11.3 Å². The molecule has 0 fully saturated rings. The second-order valence-electron chi connectivity index (χ2n) is 46.6. The molecule has 16 rings (SSSR count). The van der Waals surface area contributed by atoms with Crippen molar-refractivity contribution in [2.24, 2.45) is 0 Å². The van der Waals surface area contributed by atoms with Crippen molar-refractivity contribution in [3.05, 3.63) is 309 Å². The number of anilines is 6. The summed E-state index contributed by atoms with van der Waals surface area (Å²) in [5, 5.41) is -0.498. The summed E-state index contributed by atoms with van der Waals surface area (Å²) in [6.45, 7) is 64.2. The summed E-state index contributed by atoms with van der Waals surface area (Å²) in [6.07, 6.45) is 0. The Morgan fingerprint density at radius 1 is 0.230 bits per heavy atom. The van der Waals surface area contributed by atoms with Crippen LogP contribution in [0.2, 0.25) is 0 Å². The van der Waals surface area contributed by atoms with E-state index in [0.29, 0.717) is 49.9 Å². The fourth-order valence-corrected chi connectivity index (χ4v) is 17.2. The average molecular weight is 1680 g/mol. The van der Waals surface area contributed by atoms with Gasteiger partial charge in [-0.1, -0.05) is 422 Å². The van der Waals surface area contributed by atoms with Gasteiger partial charge in [0, 0.05) is 61.5 Å². The predicted octanol–water partition coefficient (Wildman–Crippen LogP) is 33.1. The molecule has 0 amide bonds. The van der Waals surface area contributed by atoms with Gasteiger partial charge in [0.05, 0.1) is 55.3 Å². The number of fused-ring (bicyclic) bond motifs is 7. The van der Waals surface area contributed by atoms with Gasteiger partial charge in [-0.2, -0.15) is 0 Å². The Bertz CT molecular complexity index is 7940. The van der Waals surface area contributed by atoms with Crippen LogP contribution in [0, 0.1) is 0 Å². The van der Waals surface area contributed by atoms with Crippen molar-refractivity contribution < 1.29 is 32.9 Å². The number of rotatable bonds is 9. The van der Waals surface area contributed by atoms with E-state index in [4.69, 9.17) is 0 Å². The van der Waals surface area contributed by atoms with Crippen molar-refractivity contribution in [1.29, 1.82) is 0 Å². The number of benzene rings is 13. The maximum absolute atomic E-state index is 11.9. The minimum Gasteiger partial charge on any atom is -0.310 e. The van der Waals surface area contributed by atoms with Crippen molar-refractivity contribution in [3.63, 3.8) is 0 Å². The van der Waals surface area contributed by atoms with Crippen LogP contribution in [0.25, 0.3) is 94.3 Å². The maximum Gasteiger partial charge on any atom is 0.252 e. The van der Waals surface area contributed by atoms with Gasteiger partial charge >= 0.3 is 0 Å². The van der Waals surface area contributed by atoms with E-state index in [9.17, 15) is 32.9 Å². The molecule has 13 aromatic carbocycles. The van der Waals surface area contributed by atoms with Gasteiger partial charge in [0.1, 0.15) is 0 Å². The van der Waals surface area contributed by atoms with Crippen LogP contribution in [0.5, 0.6) is 0 Å². The molecule has 0 radical (unpaired) electrons. The predicted molar refractivity (Wildman–Crippen MR) is 553 cm³/mol. The molecule has 0 aliphatic carbocycles. The van der Waals surface area contributed by atoms with E-state index in [2.05, 4.69) is 173 Å². The molecule has 3 nitrogen and oxygen atoms in total. The van der Waals surface area contributed by atoms with E-state index in [1.54, 1.807) is 85.4 Å². The summed E-state index contributed by atoms with van der Waals surface area (Å²) in [5.41, 5.74) is -1.40. The lowest BCUT2D eigenvalue weighted by Crippen LogP contribution is -2.61. The second-order valence-corrected chi connectivity index (χ2v) is 46.6. The number of hydrogen-bond donors (Lipinski definition) is 0. The molecule has 2 aliphatic rings. The van der Waals surface area contributed by atoms with Gasteiger partial charge in [-0.15, -0.1) is 0 Å². The van der Waals surface area contributed by atoms with Crippen molar-refractivity contribution in [1.82, 2.24) is 4.57 Å². The third-order valence-corrected chi connectivity index (χ3v) is 25.1. The van der Waals surface area contributed by atoms with E-state index in [-0.39, 0.29) is 135 Å². The van der Waals surface area contributed by atoms with Crippen LogP contribution in [0.4, 0.5) is 34.1 Å². The fourth-order valence-electron chi connectivity index (χ4n) is 17.2. The minimum absolute atomic E-state index is 0.000629. The largest absolute Gasteiger partial charge is 0.310 e. The highest BCUT2D eigenvalue weighted by Gasteiger charge is 2.47. The van der Waals surface area contributed by atoms with E-state index in [1.807, 2.05) is 82.8 Å². The molecule has 0 bridgehead atoms. The number of aromatic nitrogens is 1. The summed E-state index contributed by atoms with van der Waals surface area (Å²) in [5.74, 6) is 0. The monoisotopic (exact) mass is 1680 g/mol. The second kappa shape index (κ2) is 30.5. The molecule has 0 saturated carbocycles. The van der Waals surface area contributed by atoms with E-state index in [0.717, 1.165) is 33.4 Å². The normalized spacial score (nSPS) is 16.5. The molecule has 0 unspecified atom stereocenters. The zero-order valence-electron chi connectivity index (χ0n) is 105. The van der Waals surface area contributed by atoms with E-state index < -0.39 is 199 Å². The highest BCUT2D eigenvalue weighted by atomic mass is 15.2. The Balaban J connectivity index is 1.31. The zero-order chi connectivity index (χ0) is 112. The number of nitrogens with zero attached hydrogens (tertiary/aromatic N) is 3. The van der Waals surface area contributed by atoms with Gasteiger partial charge in [0.15, 0.2) is 0 Å². The van der Waals surface area contributed by atoms with Crippen LogP contribution >= 0.6 is 0 Å². The molecule has 2 aliphatic heterocycles. The molecule has 14 aromatic rings. The van der Waals surface area contributed by atoms with E-state index in [1.165, 1.54) is 4.57 Å². The number of para-hydroxylation sites is 3. The van der Waals surface area contributed by atoms with Gasteiger partial charge < -0.3 is 14.4 Å². The molecule has 0 saturated heterocycles. The standard InChI is InChI=1S/C122H140BN3/c1-112(2,3)82-50-45-75(46-51-82)93-41-38-42-97(94-56-54-84(114(7,8)9)73-100(94)122(31,32)33)110(93)125-105-65-77(78-59-85(115(10,11)12)68-86(60-78)116(13,14)15)49-57-101(105)123-102-58-55-92(124-103-43-36-34-39-95(103)96-40-35-37-44-104(96)124)74-106(102)126(108-67-80(66-107(125)109(108)123)79-61-87(117(16,17)18)69-88(62-79)118(19,20)21)111-98(76-47-52-83(53-48-76)113(4,5)6)71-91(121(28,29)30)72-99(111)81-63-89(119(22,23)24)70-90(64-81)120(25,26)27/h34-74H,1-33H3/i34D,35D,36D,37D,38D,39D,40D,41D,42D,43D,44D,45D,46D,47D,48D,50D,51D,52D,53D,63D,64D,70D,71D,72D. The summed E-state index contributed by atoms with van der Waals surface area (Å²) in [7, 11) is 0. The van der Waals surface area contributed by atoms with Gasteiger partial charge in [-0.3, -0.25) is 0 Å². The first-order chi connectivity index (χ1) is 68.5. The Morgan fingerprint density at radius 2 is 0.595 bits per heavy atom. The van der Waals surface area contributed by atoms with Crippen LogP contribution in [0.3, 0.4) is 0 Å². The number of hydrogen-bond acceptors (Lipinski definition) is 2. The average Bonchev–Trinajstić information content (AvgIpc) is 0.754. The van der Waals surface area contributed by atoms with Crippen LogP contribution in [0.15, 0.2) is 248 Å². The molecule has 646 valence electrons.